The van der Waals surface area contributed by atoms with E-state index in [1.165, 1.54) is 5.56 Å². The van der Waals surface area contributed by atoms with Gasteiger partial charge in [-0.05, 0) is 47.4 Å². The van der Waals surface area contributed by atoms with Crippen LogP contribution >= 0.6 is 0 Å². The summed E-state index contributed by atoms with van der Waals surface area (Å²) in [6.07, 6.45) is 1.14. The van der Waals surface area contributed by atoms with Crippen molar-refractivity contribution in [1.82, 2.24) is 4.90 Å². The highest BCUT2D eigenvalue weighted by Crippen LogP contribution is 2.23. The largest absolute Gasteiger partial charge is 0.508 e. The van der Waals surface area contributed by atoms with E-state index in [9.17, 15) is 15.0 Å². The van der Waals surface area contributed by atoms with Crippen LogP contribution in [0.1, 0.15) is 16.7 Å². The summed E-state index contributed by atoms with van der Waals surface area (Å²) in [5, 5.41) is 18.8. The summed E-state index contributed by atoms with van der Waals surface area (Å²) in [5.74, 6) is 0.504. The predicted octanol–water partition coefficient (Wildman–Crippen LogP) is 2.23. The number of phenolic OH excluding ortho intramolecular Hbond substituents is 2. The SMILES string of the molecule is O=C(Cc1ccc(O)cc1)N1CCc2ccc(O)cc2C1. The number of fused-ring (bicyclic) bond motifs is 1. The molecule has 1 heterocycles. The van der Waals surface area contributed by atoms with Crippen molar-refractivity contribution in [3.05, 3.63) is 59.2 Å². The molecule has 2 N–H and O–H groups in total. The van der Waals surface area contributed by atoms with E-state index in [1.54, 1.807) is 36.4 Å². The van der Waals surface area contributed by atoms with Crippen LogP contribution in [0.3, 0.4) is 0 Å². The Bertz CT molecular complexity index is 664. The maximum absolute atomic E-state index is 12.3. The Kier molecular flexibility index (Phi) is 3.52. The molecule has 1 aliphatic rings. The monoisotopic (exact) mass is 283 g/mol. The van der Waals surface area contributed by atoms with Gasteiger partial charge in [0.2, 0.25) is 5.91 Å². The van der Waals surface area contributed by atoms with Gasteiger partial charge in [0.05, 0.1) is 6.42 Å². The third-order valence-electron chi connectivity index (χ3n) is 3.85. The number of hydrogen-bond donors (Lipinski definition) is 2. The van der Waals surface area contributed by atoms with E-state index in [0.717, 1.165) is 17.5 Å². The van der Waals surface area contributed by atoms with Crippen LogP contribution in [-0.2, 0) is 24.2 Å². The van der Waals surface area contributed by atoms with Gasteiger partial charge in [0, 0.05) is 13.1 Å². The van der Waals surface area contributed by atoms with Crippen molar-refractivity contribution in [2.24, 2.45) is 0 Å². The van der Waals surface area contributed by atoms with Crippen LogP contribution in [0.25, 0.3) is 0 Å². The summed E-state index contributed by atoms with van der Waals surface area (Å²) in [6.45, 7) is 1.25. The summed E-state index contributed by atoms with van der Waals surface area (Å²) < 4.78 is 0. The van der Waals surface area contributed by atoms with Crippen LogP contribution < -0.4 is 0 Å². The Morgan fingerprint density at radius 2 is 1.71 bits per heavy atom. The van der Waals surface area contributed by atoms with E-state index in [4.69, 9.17) is 0 Å². The van der Waals surface area contributed by atoms with Crippen molar-refractivity contribution in [2.75, 3.05) is 6.54 Å². The average Bonchev–Trinajstić information content (AvgIpc) is 2.48. The highest BCUT2D eigenvalue weighted by Gasteiger charge is 2.21. The topological polar surface area (TPSA) is 60.8 Å². The highest BCUT2D eigenvalue weighted by atomic mass is 16.3. The standard InChI is InChI=1S/C17H17NO3/c19-15-4-1-12(2-5-15)9-17(21)18-8-7-13-3-6-16(20)10-14(13)11-18/h1-6,10,19-20H,7-9,11H2. The molecule has 3 rings (SSSR count). The van der Waals surface area contributed by atoms with Gasteiger partial charge in [-0.2, -0.15) is 0 Å². The normalized spacial score (nSPS) is 13.8. The maximum atomic E-state index is 12.3. The molecule has 0 unspecified atom stereocenters. The summed E-state index contributed by atoms with van der Waals surface area (Å²) in [5.41, 5.74) is 3.10. The fourth-order valence-electron chi connectivity index (χ4n) is 2.66. The molecule has 0 radical (unpaired) electrons. The molecule has 0 saturated heterocycles. The van der Waals surface area contributed by atoms with E-state index >= 15 is 0 Å². The molecule has 0 fully saturated rings. The summed E-state index contributed by atoms with van der Waals surface area (Å²) in [6, 6.07) is 12.0. The molecule has 2 aromatic carbocycles. The molecule has 0 spiro atoms. The molecule has 0 saturated carbocycles. The number of rotatable bonds is 2. The molecule has 0 atom stereocenters. The Hall–Kier alpha value is -2.49. The van der Waals surface area contributed by atoms with E-state index in [1.807, 2.05) is 11.0 Å². The van der Waals surface area contributed by atoms with Crippen molar-refractivity contribution in [3.8, 4) is 11.5 Å². The van der Waals surface area contributed by atoms with Crippen molar-refractivity contribution >= 4 is 5.91 Å². The second-order valence-corrected chi connectivity index (χ2v) is 5.36. The van der Waals surface area contributed by atoms with Crippen molar-refractivity contribution < 1.29 is 15.0 Å². The fourth-order valence-corrected chi connectivity index (χ4v) is 2.66. The Morgan fingerprint density at radius 1 is 1.00 bits per heavy atom. The number of nitrogens with zero attached hydrogens (tertiary/aromatic N) is 1. The van der Waals surface area contributed by atoms with E-state index in [-0.39, 0.29) is 17.4 Å². The van der Waals surface area contributed by atoms with Crippen LogP contribution in [0.2, 0.25) is 0 Å². The smallest absolute Gasteiger partial charge is 0.227 e. The zero-order valence-electron chi connectivity index (χ0n) is 11.6. The first-order chi connectivity index (χ1) is 10.1. The molecule has 108 valence electrons. The first kappa shape index (κ1) is 13.5. The minimum atomic E-state index is 0.0645. The maximum Gasteiger partial charge on any atom is 0.227 e. The van der Waals surface area contributed by atoms with Crippen molar-refractivity contribution in [2.45, 2.75) is 19.4 Å². The molecule has 2 aromatic rings. The molecular weight excluding hydrogens is 266 g/mol. The van der Waals surface area contributed by atoms with Gasteiger partial charge in [-0.1, -0.05) is 18.2 Å². The lowest BCUT2D eigenvalue weighted by Gasteiger charge is -2.29. The first-order valence-corrected chi connectivity index (χ1v) is 6.98. The summed E-state index contributed by atoms with van der Waals surface area (Å²) >= 11 is 0. The third kappa shape index (κ3) is 2.99. The van der Waals surface area contributed by atoms with E-state index in [2.05, 4.69) is 0 Å². The van der Waals surface area contributed by atoms with Crippen molar-refractivity contribution in [3.63, 3.8) is 0 Å². The minimum absolute atomic E-state index is 0.0645. The molecule has 0 aromatic heterocycles. The molecule has 21 heavy (non-hydrogen) atoms. The predicted molar refractivity (Wildman–Crippen MR) is 79.0 cm³/mol. The van der Waals surface area contributed by atoms with E-state index in [0.29, 0.717) is 19.5 Å². The second-order valence-electron chi connectivity index (χ2n) is 5.36. The highest BCUT2D eigenvalue weighted by molar-refractivity contribution is 5.79. The van der Waals surface area contributed by atoms with Gasteiger partial charge in [0.1, 0.15) is 11.5 Å². The zero-order chi connectivity index (χ0) is 14.8. The van der Waals surface area contributed by atoms with Gasteiger partial charge < -0.3 is 15.1 Å². The lowest BCUT2D eigenvalue weighted by molar-refractivity contribution is -0.131. The summed E-state index contributed by atoms with van der Waals surface area (Å²) in [4.78, 5) is 14.2. The number of amides is 1. The molecular formula is C17H17NO3. The molecule has 0 bridgehead atoms. The minimum Gasteiger partial charge on any atom is -0.508 e. The van der Waals surface area contributed by atoms with Gasteiger partial charge in [0.15, 0.2) is 0 Å². The van der Waals surface area contributed by atoms with Gasteiger partial charge in [0.25, 0.3) is 0 Å². The summed E-state index contributed by atoms with van der Waals surface area (Å²) in [7, 11) is 0. The van der Waals surface area contributed by atoms with Gasteiger partial charge in [-0.15, -0.1) is 0 Å². The van der Waals surface area contributed by atoms with Gasteiger partial charge in [-0.25, -0.2) is 0 Å². The third-order valence-corrected chi connectivity index (χ3v) is 3.85. The fraction of sp³-hybridized carbons (Fsp3) is 0.235. The van der Waals surface area contributed by atoms with Crippen LogP contribution in [0.15, 0.2) is 42.5 Å². The number of aromatic hydroxyl groups is 2. The van der Waals surface area contributed by atoms with Crippen LogP contribution in [0.5, 0.6) is 11.5 Å². The van der Waals surface area contributed by atoms with Crippen LogP contribution in [-0.4, -0.2) is 27.6 Å². The van der Waals surface area contributed by atoms with Crippen molar-refractivity contribution in [1.29, 1.82) is 0 Å². The van der Waals surface area contributed by atoms with Crippen LogP contribution in [0, 0.1) is 0 Å². The van der Waals surface area contributed by atoms with E-state index < -0.39 is 0 Å². The van der Waals surface area contributed by atoms with Gasteiger partial charge in [-0.3, -0.25) is 4.79 Å². The Balaban J connectivity index is 1.70. The lowest BCUT2D eigenvalue weighted by Crippen LogP contribution is -2.36. The molecule has 4 nitrogen and oxygen atoms in total. The second kappa shape index (κ2) is 5.48. The zero-order valence-corrected chi connectivity index (χ0v) is 11.6. The van der Waals surface area contributed by atoms with Crippen LogP contribution in [0.4, 0.5) is 0 Å². The number of phenols is 2. The molecule has 4 heteroatoms. The quantitative estimate of drug-likeness (QED) is 0.888. The Morgan fingerprint density at radius 3 is 2.48 bits per heavy atom. The first-order valence-electron chi connectivity index (χ1n) is 6.98. The van der Waals surface area contributed by atoms with Gasteiger partial charge >= 0.3 is 0 Å². The molecule has 1 amide bonds. The number of carbonyl (C=O) groups is 1. The lowest BCUT2D eigenvalue weighted by atomic mass is 9.99. The molecule has 0 aliphatic carbocycles. The Labute approximate surface area is 123 Å². The number of benzene rings is 2. The number of carbonyl (C=O) groups excluding carboxylic acids is 1. The molecule has 1 aliphatic heterocycles. The number of hydrogen-bond acceptors (Lipinski definition) is 3. The average molecular weight is 283 g/mol.